The number of amides is 3. The second kappa shape index (κ2) is 6.08. The number of rotatable bonds is 3. The van der Waals surface area contributed by atoms with Gasteiger partial charge in [0.2, 0.25) is 5.91 Å². The van der Waals surface area contributed by atoms with Gasteiger partial charge in [-0.25, -0.2) is 9.59 Å². The molecule has 8 heteroatoms. The minimum Gasteiger partial charge on any atom is -0.479 e. The normalized spacial score (nSPS) is 29.9. The van der Waals surface area contributed by atoms with Crippen LogP contribution in [0.3, 0.4) is 0 Å². The third kappa shape index (κ3) is 3.19. The predicted molar refractivity (Wildman–Crippen MR) is 68.1 cm³/mol. The second-order valence-corrected chi connectivity index (χ2v) is 5.01. The van der Waals surface area contributed by atoms with Crippen LogP contribution in [0.2, 0.25) is 0 Å². The SMILES string of the molecule is CC1C(=O)NCCN1C(=O)NCC1CCC(C(=O)O)O1. The first-order chi connectivity index (χ1) is 9.49. The monoisotopic (exact) mass is 285 g/mol. The first kappa shape index (κ1) is 14.6. The lowest BCUT2D eigenvalue weighted by Crippen LogP contribution is -2.58. The van der Waals surface area contributed by atoms with Gasteiger partial charge in [0.15, 0.2) is 6.10 Å². The number of carbonyl (C=O) groups is 3. The molecule has 0 saturated carbocycles. The van der Waals surface area contributed by atoms with E-state index in [4.69, 9.17) is 9.84 Å². The molecule has 0 radical (unpaired) electrons. The summed E-state index contributed by atoms with van der Waals surface area (Å²) in [7, 11) is 0. The molecule has 0 bridgehead atoms. The van der Waals surface area contributed by atoms with Crippen LogP contribution in [0.25, 0.3) is 0 Å². The number of aliphatic carboxylic acids is 1. The van der Waals surface area contributed by atoms with Gasteiger partial charge in [0.1, 0.15) is 6.04 Å². The second-order valence-electron chi connectivity index (χ2n) is 5.01. The van der Waals surface area contributed by atoms with Crippen LogP contribution in [-0.2, 0) is 14.3 Å². The zero-order valence-electron chi connectivity index (χ0n) is 11.3. The smallest absolute Gasteiger partial charge is 0.332 e. The van der Waals surface area contributed by atoms with E-state index in [9.17, 15) is 14.4 Å². The highest BCUT2D eigenvalue weighted by Crippen LogP contribution is 2.19. The van der Waals surface area contributed by atoms with Gasteiger partial charge in [-0.15, -0.1) is 0 Å². The van der Waals surface area contributed by atoms with E-state index in [2.05, 4.69) is 10.6 Å². The minimum atomic E-state index is -0.972. The quantitative estimate of drug-likeness (QED) is 0.626. The van der Waals surface area contributed by atoms with Crippen molar-refractivity contribution in [2.75, 3.05) is 19.6 Å². The van der Waals surface area contributed by atoms with Crippen molar-refractivity contribution in [3.05, 3.63) is 0 Å². The number of hydrogen-bond acceptors (Lipinski definition) is 4. The summed E-state index contributed by atoms with van der Waals surface area (Å²) in [5.74, 6) is -1.14. The van der Waals surface area contributed by atoms with Crippen LogP contribution in [0.5, 0.6) is 0 Å². The van der Waals surface area contributed by atoms with Gasteiger partial charge in [-0.3, -0.25) is 4.79 Å². The van der Waals surface area contributed by atoms with E-state index < -0.39 is 18.1 Å². The molecule has 2 rings (SSSR count). The Kier molecular flexibility index (Phi) is 4.43. The lowest BCUT2D eigenvalue weighted by atomic mass is 10.2. The van der Waals surface area contributed by atoms with Gasteiger partial charge in [-0.05, 0) is 19.8 Å². The van der Waals surface area contributed by atoms with Crippen molar-refractivity contribution < 1.29 is 24.2 Å². The molecule has 0 aromatic rings. The summed E-state index contributed by atoms with van der Waals surface area (Å²) in [6, 6.07) is -0.824. The van der Waals surface area contributed by atoms with Crippen molar-refractivity contribution in [3.8, 4) is 0 Å². The summed E-state index contributed by atoms with van der Waals surface area (Å²) in [5, 5.41) is 14.2. The van der Waals surface area contributed by atoms with E-state index >= 15 is 0 Å². The first-order valence-corrected chi connectivity index (χ1v) is 6.69. The number of carboxylic acids is 1. The summed E-state index contributed by atoms with van der Waals surface area (Å²) in [6.07, 6.45) is -0.00310. The molecule has 0 spiro atoms. The maximum absolute atomic E-state index is 12.0. The molecule has 3 unspecified atom stereocenters. The van der Waals surface area contributed by atoms with Crippen LogP contribution in [0.15, 0.2) is 0 Å². The fourth-order valence-electron chi connectivity index (χ4n) is 2.40. The van der Waals surface area contributed by atoms with Gasteiger partial charge in [0.25, 0.3) is 0 Å². The van der Waals surface area contributed by atoms with Crippen LogP contribution in [-0.4, -0.2) is 65.8 Å². The molecule has 20 heavy (non-hydrogen) atoms. The number of urea groups is 1. The average Bonchev–Trinajstić information content (AvgIpc) is 2.88. The van der Waals surface area contributed by atoms with Gasteiger partial charge in [0, 0.05) is 19.6 Å². The van der Waals surface area contributed by atoms with Gasteiger partial charge in [0.05, 0.1) is 6.10 Å². The zero-order chi connectivity index (χ0) is 14.7. The van der Waals surface area contributed by atoms with Gasteiger partial charge in [-0.2, -0.15) is 0 Å². The largest absolute Gasteiger partial charge is 0.479 e. The predicted octanol–water partition coefficient (Wildman–Crippen LogP) is -0.851. The number of carbonyl (C=O) groups excluding carboxylic acids is 2. The molecule has 8 nitrogen and oxygen atoms in total. The molecule has 0 aliphatic carbocycles. The summed E-state index contributed by atoms with van der Waals surface area (Å²) >= 11 is 0. The van der Waals surface area contributed by atoms with Crippen molar-refractivity contribution in [2.45, 2.75) is 38.0 Å². The number of piperazine rings is 1. The van der Waals surface area contributed by atoms with Crippen LogP contribution in [0.4, 0.5) is 4.79 Å². The molecule has 2 fully saturated rings. The van der Waals surface area contributed by atoms with Crippen LogP contribution >= 0.6 is 0 Å². The summed E-state index contributed by atoms with van der Waals surface area (Å²) < 4.78 is 5.30. The summed E-state index contributed by atoms with van der Waals surface area (Å²) in [6.45, 7) is 2.83. The highest BCUT2D eigenvalue weighted by molar-refractivity contribution is 5.87. The lowest BCUT2D eigenvalue weighted by molar-refractivity contribution is -0.149. The number of nitrogens with one attached hydrogen (secondary N) is 2. The molecular weight excluding hydrogens is 266 g/mol. The molecule has 2 aliphatic heterocycles. The van der Waals surface area contributed by atoms with E-state index in [1.165, 1.54) is 4.90 Å². The van der Waals surface area contributed by atoms with E-state index in [-0.39, 0.29) is 24.6 Å². The Morgan fingerprint density at radius 2 is 2.25 bits per heavy atom. The van der Waals surface area contributed by atoms with Gasteiger partial charge >= 0.3 is 12.0 Å². The Morgan fingerprint density at radius 3 is 2.90 bits per heavy atom. The highest BCUT2D eigenvalue weighted by Gasteiger charge is 2.32. The number of nitrogens with zero attached hydrogens (tertiary/aromatic N) is 1. The summed E-state index contributed by atoms with van der Waals surface area (Å²) in [5.41, 5.74) is 0. The van der Waals surface area contributed by atoms with Crippen molar-refractivity contribution in [3.63, 3.8) is 0 Å². The molecule has 2 heterocycles. The third-order valence-electron chi connectivity index (χ3n) is 3.62. The molecule has 3 amide bonds. The molecule has 0 aromatic heterocycles. The number of ether oxygens (including phenoxy) is 1. The van der Waals surface area contributed by atoms with Crippen molar-refractivity contribution in [1.29, 1.82) is 0 Å². The molecule has 2 aliphatic rings. The van der Waals surface area contributed by atoms with E-state index in [1.54, 1.807) is 6.92 Å². The Bertz CT molecular complexity index is 414. The maximum atomic E-state index is 12.0. The Balaban J connectivity index is 1.78. The molecule has 112 valence electrons. The Morgan fingerprint density at radius 1 is 1.50 bits per heavy atom. The van der Waals surface area contributed by atoms with Crippen LogP contribution in [0, 0.1) is 0 Å². The van der Waals surface area contributed by atoms with Gasteiger partial charge in [-0.1, -0.05) is 0 Å². The Labute approximate surface area is 116 Å². The zero-order valence-corrected chi connectivity index (χ0v) is 11.3. The molecule has 3 N–H and O–H groups in total. The maximum Gasteiger partial charge on any atom is 0.332 e. The Hall–Kier alpha value is -1.83. The molecule has 2 saturated heterocycles. The van der Waals surface area contributed by atoms with Crippen molar-refractivity contribution in [2.24, 2.45) is 0 Å². The number of carboxylic acid groups (broad SMARTS) is 1. The van der Waals surface area contributed by atoms with Crippen LogP contribution < -0.4 is 10.6 Å². The van der Waals surface area contributed by atoms with E-state index in [0.717, 1.165) is 0 Å². The van der Waals surface area contributed by atoms with Gasteiger partial charge < -0.3 is 25.4 Å². The standard InChI is InChI=1S/C12H19N3O5/c1-7-10(16)13-4-5-15(7)12(19)14-6-8-2-3-9(20-8)11(17)18/h7-9H,2-6H2,1H3,(H,13,16)(H,14,19)(H,17,18). The average molecular weight is 285 g/mol. The van der Waals surface area contributed by atoms with Crippen molar-refractivity contribution in [1.82, 2.24) is 15.5 Å². The molecule has 3 atom stereocenters. The topological polar surface area (TPSA) is 108 Å². The molecule has 0 aromatic carbocycles. The first-order valence-electron chi connectivity index (χ1n) is 6.69. The fourth-order valence-corrected chi connectivity index (χ4v) is 2.40. The van der Waals surface area contributed by atoms with Crippen LogP contribution in [0.1, 0.15) is 19.8 Å². The van der Waals surface area contributed by atoms with E-state index in [1.807, 2.05) is 0 Å². The number of hydrogen-bond donors (Lipinski definition) is 3. The fraction of sp³-hybridized carbons (Fsp3) is 0.750. The lowest BCUT2D eigenvalue weighted by Gasteiger charge is -2.33. The highest BCUT2D eigenvalue weighted by atomic mass is 16.5. The summed E-state index contributed by atoms with van der Waals surface area (Å²) in [4.78, 5) is 35.7. The third-order valence-corrected chi connectivity index (χ3v) is 3.62. The van der Waals surface area contributed by atoms with E-state index in [0.29, 0.717) is 25.9 Å². The van der Waals surface area contributed by atoms with Crippen molar-refractivity contribution >= 4 is 17.9 Å². The molecular formula is C12H19N3O5. The minimum absolute atomic E-state index is 0.172.